The lowest BCUT2D eigenvalue weighted by Crippen LogP contribution is -2.14. The average molecular weight is 426 g/mol. The van der Waals surface area contributed by atoms with E-state index in [0.29, 0.717) is 5.56 Å². The highest BCUT2D eigenvalue weighted by molar-refractivity contribution is 5.72. The Balaban J connectivity index is 1.98. The maximum Gasteiger partial charge on any atom is 0.389 e. The number of aryl methyl sites for hydroxylation is 1. The third-order valence-corrected chi connectivity index (χ3v) is 4.83. The first-order valence-corrected chi connectivity index (χ1v) is 9.08. The van der Waals surface area contributed by atoms with Gasteiger partial charge >= 0.3 is 6.18 Å². The third-order valence-electron chi connectivity index (χ3n) is 4.83. The molecule has 0 bridgehead atoms. The molecule has 1 unspecified atom stereocenters. The molecule has 0 aliphatic rings. The van der Waals surface area contributed by atoms with Gasteiger partial charge in [0.05, 0.1) is 6.42 Å². The molecule has 0 radical (unpaired) electrons. The molecule has 0 nitrogen and oxygen atoms in total. The molecule has 158 valence electrons. The fraction of sp³-hybridized carbons (Fsp3) is 0.217. The third kappa shape index (κ3) is 4.66. The van der Waals surface area contributed by atoms with Crippen LogP contribution in [0, 0.1) is 30.2 Å². The molecule has 0 saturated heterocycles. The summed E-state index contributed by atoms with van der Waals surface area (Å²) in [4.78, 5) is 0. The lowest BCUT2D eigenvalue weighted by atomic mass is 9.93. The molecule has 0 aromatic heterocycles. The fourth-order valence-electron chi connectivity index (χ4n) is 3.42. The molecule has 0 fully saturated rings. The summed E-state index contributed by atoms with van der Waals surface area (Å²) in [6, 6.07) is 9.70. The van der Waals surface area contributed by atoms with Crippen molar-refractivity contribution >= 4 is 0 Å². The van der Waals surface area contributed by atoms with E-state index in [1.165, 1.54) is 24.3 Å². The summed E-state index contributed by atoms with van der Waals surface area (Å²) in [5.41, 5.74) is 0.0827. The first-order chi connectivity index (χ1) is 14.0. The number of hydrogen-bond donors (Lipinski definition) is 0. The Labute approximate surface area is 169 Å². The quantitative estimate of drug-likeness (QED) is 0.372. The largest absolute Gasteiger partial charge is 0.389 e. The van der Waals surface area contributed by atoms with Gasteiger partial charge in [-0.25, -0.2) is 17.6 Å². The van der Waals surface area contributed by atoms with E-state index in [-0.39, 0.29) is 22.3 Å². The van der Waals surface area contributed by atoms with Crippen LogP contribution in [0.2, 0.25) is 0 Å². The minimum absolute atomic E-state index is 0.0207. The highest BCUT2D eigenvalue weighted by Gasteiger charge is 2.33. The van der Waals surface area contributed by atoms with Crippen molar-refractivity contribution in [2.24, 2.45) is 0 Å². The fourth-order valence-corrected chi connectivity index (χ4v) is 3.42. The smallest absolute Gasteiger partial charge is 0.207 e. The van der Waals surface area contributed by atoms with Crippen molar-refractivity contribution in [3.8, 4) is 22.3 Å². The number of halogens is 7. The van der Waals surface area contributed by atoms with Crippen LogP contribution >= 0.6 is 0 Å². The van der Waals surface area contributed by atoms with Gasteiger partial charge in [0, 0.05) is 16.7 Å². The average Bonchev–Trinajstić information content (AvgIpc) is 2.60. The van der Waals surface area contributed by atoms with Crippen LogP contribution in [-0.2, 0) is 0 Å². The summed E-state index contributed by atoms with van der Waals surface area (Å²) in [7, 11) is 0. The second-order valence-corrected chi connectivity index (χ2v) is 7.25. The van der Waals surface area contributed by atoms with Gasteiger partial charge in [0.15, 0.2) is 0 Å². The highest BCUT2D eigenvalue weighted by Crippen LogP contribution is 2.36. The predicted octanol–water partition coefficient (Wildman–Crippen LogP) is 7.94. The molecule has 3 aromatic carbocycles. The van der Waals surface area contributed by atoms with E-state index in [9.17, 15) is 30.7 Å². The first kappa shape index (κ1) is 21.9. The zero-order valence-corrected chi connectivity index (χ0v) is 16.0. The molecule has 0 amide bonds. The zero-order valence-electron chi connectivity index (χ0n) is 16.0. The summed E-state index contributed by atoms with van der Waals surface area (Å²) in [6.45, 7) is 2.77. The van der Waals surface area contributed by atoms with Crippen LogP contribution in [0.25, 0.3) is 22.3 Å². The van der Waals surface area contributed by atoms with Gasteiger partial charge in [-0.2, -0.15) is 13.2 Å². The standard InChI is InChI=1S/C23H17F7/c1-12-3-5-16(18(24)7-12)17-6-4-14(8-19(17)25)15-9-20(26)22(21(27)10-15)13(2)11-23(28,29)30/h3-10,13H,11H2,1-2H3. The van der Waals surface area contributed by atoms with Gasteiger partial charge in [0.2, 0.25) is 0 Å². The van der Waals surface area contributed by atoms with E-state index in [1.807, 2.05) is 0 Å². The van der Waals surface area contributed by atoms with Crippen molar-refractivity contribution in [2.45, 2.75) is 32.4 Å². The molecule has 3 aromatic rings. The molecule has 3 rings (SSSR count). The lowest BCUT2D eigenvalue weighted by molar-refractivity contribution is -0.138. The molecular formula is C23H17F7. The maximum absolute atomic E-state index is 14.6. The van der Waals surface area contributed by atoms with Crippen LogP contribution in [-0.4, -0.2) is 6.18 Å². The molecule has 7 heteroatoms. The Bertz CT molecular complexity index is 1060. The van der Waals surface area contributed by atoms with Gasteiger partial charge in [-0.3, -0.25) is 0 Å². The Kier molecular flexibility index (Phi) is 5.92. The van der Waals surface area contributed by atoms with E-state index in [1.54, 1.807) is 13.0 Å². The summed E-state index contributed by atoms with van der Waals surface area (Å²) < 4.78 is 95.2. The van der Waals surface area contributed by atoms with Crippen molar-refractivity contribution in [2.75, 3.05) is 0 Å². The molecule has 0 aliphatic carbocycles. The Hall–Kier alpha value is -2.83. The Morgan fingerprint density at radius 1 is 0.700 bits per heavy atom. The van der Waals surface area contributed by atoms with Crippen molar-refractivity contribution < 1.29 is 30.7 Å². The van der Waals surface area contributed by atoms with Gasteiger partial charge in [0.25, 0.3) is 0 Å². The maximum atomic E-state index is 14.6. The minimum atomic E-state index is -4.57. The predicted molar refractivity (Wildman–Crippen MR) is 101 cm³/mol. The van der Waals surface area contributed by atoms with E-state index >= 15 is 0 Å². The second-order valence-electron chi connectivity index (χ2n) is 7.25. The van der Waals surface area contributed by atoms with Gasteiger partial charge in [-0.15, -0.1) is 0 Å². The van der Waals surface area contributed by atoms with Crippen LogP contribution < -0.4 is 0 Å². The van der Waals surface area contributed by atoms with E-state index in [4.69, 9.17) is 0 Å². The molecule has 0 aliphatic heterocycles. The molecular weight excluding hydrogens is 409 g/mol. The van der Waals surface area contributed by atoms with Gasteiger partial charge < -0.3 is 0 Å². The van der Waals surface area contributed by atoms with E-state index in [2.05, 4.69) is 0 Å². The SMILES string of the molecule is Cc1ccc(-c2ccc(-c3cc(F)c(C(C)CC(F)(F)F)c(F)c3)cc2F)c(F)c1. The summed E-state index contributed by atoms with van der Waals surface area (Å²) in [5.74, 6) is -5.11. The van der Waals surface area contributed by atoms with Crippen molar-refractivity contribution in [3.63, 3.8) is 0 Å². The molecule has 0 spiro atoms. The molecule has 0 N–H and O–H groups in total. The van der Waals surface area contributed by atoms with Crippen molar-refractivity contribution in [1.82, 2.24) is 0 Å². The van der Waals surface area contributed by atoms with Crippen LogP contribution in [0.3, 0.4) is 0 Å². The highest BCUT2D eigenvalue weighted by atomic mass is 19.4. The van der Waals surface area contributed by atoms with Crippen LogP contribution in [0.4, 0.5) is 30.7 Å². The summed E-state index contributed by atoms with van der Waals surface area (Å²) in [6.07, 6.45) is -5.94. The normalized spacial score (nSPS) is 12.8. The van der Waals surface area contributed by atoms with Gasteiger partial charge in [-0.1, -0.05) is 31.2 Å². The topological polar surface area (TPSA) is 0 Å². The monoisotopic (exact) mass is 426 g/mol. The molecule has 0 heterocycles. The number of rotatable bonds is 4. The lowest BCUT2D eigenvalue weighted by Gasteiger charge is -2.17. The Morgan fingerprint density at radius 3 is 1.70 bits per heavy atom. The number of hydrogen-bond acceptors (Lipinski definition) is 0. The molecule has 0 saturated carbocycles. The van der Waals surface area contributed by atoms with Crippen LogP contribution in [0.1, 0.15) is 30.4 Å². The first-order valence-electron chi connectivity index (χ1n) is 9.08. The summed E-state index contributed by atoms with van der Waals surface area (Å²) in [5, 5.41) is 0. The van der Waals surface area contributed by atoms with Gasteiger partial charge in [-0.05, 0) is 53.8 Å². The Morgan fingerprint density at radius 2 is 1.20 bits per heavy atom. The second kappa shape index (κ2) is 8.13. The minimum Gasteiger partial charge on any atom is -0.207 e. The van der Waals surface area contributed by atoms with Crippen molar-refractivity contribution in [1.29, 1.82) is 0 Å². The van der Waals surface area contributed by atoms with Crippen molar-refractivity contribution in [3.05, 3.63) is 82.9 Å². The summed E-state index contributed by atoms with van der Waals surface area (Å²) >= 11 is 0. The van der Waals surface area contributed by atoms with Crippen LogP contribution in [0.15, 0.2) is 48.5 Å². The molecule has 1 atom stereocenters. The van der Waals surface area contributed by atoms with E-state index in [0.717, 1.165) is 25.1 Å². The van der Waals surface area contributed by atoms with E-state index < -0.39 is 47.3 Å². The molecule has 30 heavy (non-hydrogen) atoms. The number of benzene rings is 3. The van der Waals surface area contributed by atoms with Crippen LogP contribution in [0.5, 0.6) is 0 Å². The zero-order chi connectivity index (χ0) is 22.2. The number of alkyl halides is 3. The van der Waals surface area contributed by atoms with Gasteiger partial charge in [0.1, 0.15) is 23.3 Å².